The van der Waals surface area contributed by atoms with Crippen molar-refractivity contribution in [2.24, 2.45) is 4.99 Å². The molecule has 20 heavy (non-hydrogen) atoms. The minimum Gasteiger partial charge on any atom is -0.286 e. The first-order chi connectivity index (χ1) is 9.65. The maximum atomic E-state index is 12.1. The van der Waals surface area contributed by atoms with Crippen LogP contribution < -0.4 is 0 Å². The van der Waals surface area contributed by atoms with E-state index in [4.69, 9.17) is 0 Å². The van der Waals surface area contributed by atoms with E-state index in [1.165, 1.54) is 12.1 Å². The summed E-state index contributed by atoms with van der Waals surface area (Å²) < 4.78 is 0. The van der Waals surface area contributed by atoms with E-state index < -0.39 is 4.92 Å². The average molecular weight is 289 g/mol. The summed E-state index contributed by atoms with van der Waals surface area (Å²) in [5, 5.41) is 11.3. The van der Waals surface area contributed by atoms with E-state index in [2.05, 4.69) is 4.99 Å². The van der Waals surface area contributed by atoms with Crippen molar-refractivity contribution in [3.05, 3.63) is 45.6 Å². The third kappa shape index (κ3) is 2.32. The number of nitro benzene ring substituents is 1. The molecule has 0 aliphatic carbocycles. The molecule has 0 bridgehead atoms. The molecule has 1 fully saturated rings. The minimum atomic E-state index is -0.450. The first-order valence-electron chi connectivity index (χ1n) is 6.15. The van der Waals surface area contributed by atoms with Crippen LogP contribution in [0.1, 0.15) is 12.0 Å². The van der Waals surface area contributed by atoms with Crippen molar-refractivity contribution in [3.8, 4) is 0 Å². The lowest BCUT2D eigenvalue weighted by atomic mass is 10.1. The van der Waals surface area contributed by atoms with Crippen LogP contribution in [0.15, 0.2) is 35.0 Å². The van der Waals surface area contributed by atoms with Gasteiger partial charge in [0.2, 0.25) is 0 Å². The molecule has 0 aromatic heterocycles. The molecule has 0 N–H and O–H groups in total. The SMILES string of the molecule is O=C1/C(=C/c2ccc([N+](=O)[O-])cc2)N=C2SCCCN12. The molecule has 3 rings (SSSR count). The maximum Gasteiger partial charge on any atom is 0.278 e. The Hall–Kier alpha value is -2.15. The number of hydrogen-bond donors (Lipinski definition) is 0. The lowest BCUT2D eigenvalue weighted by molar-refractivity contribution is -0.384. The van der Waals surface area contributed by atoms with Gasteiger partial charge < -0.3 is 0 Å². The number of benzene rings is 1. The van der Waals surface area contributed by atoms with Gasteiger partial charge in [-0.05, 0) is 30.2 Å². The summed E-state index contributed by atoms with van der Waals surface area (Å²) >= 11 is 1.58. The van der Waals surface area contributed by atoms with Crippen LogP contribution >= 0.6 is 11.8 Å². The summed E-state index contributed by atoms with van der Waals surface area (Å²) in [5.41, 5.74) is 1.15. The normalized spacial score (nSPS) is 20.0. The van der Waals surface area contributed by atoms with Crippen molar-refractivity contribution in [2.45, 2.75) is 6.42 Å². The molecule has 1 aromatic carbocycles. The van der Waals surface area contributed by atoms with Gasteiger partial charge in [0.05, 0.1) is 4.92 Å². The van der Waals surface area contributed by atoms with Crippen molar-refractivity contribution in [1.29, 1.82) is 0 Å². The number of carbonyl (C=O) groups excluding carboxylic acids is 1. The number of nitro groups is 1. The van der Waals surface area contributed by atoms with Crippen LogP contribution in [-0.2, 0) is 4.79 Å². The highest BCUT2D eigenvalue weighted by Gasteiger charge is 2.32. The van der Waals surface area contributed by atoms with Crippen LogP contribution in [0.2, 0.25) is 0 Å². The Kier molecular flexibility index (Phi) is 3.27. The Labute approximate surface area is 119 Å². The number of nitrogens with zero attached hydrogens (tertiary/aromatic N) is 3. The lowest BCUT2D eigenvalue weighted by Gasteiger charge is -2.21. The summed E-state index contributed by atoms with van der Waals surface area (Å²) in [7, 11) is 0. The number of amidine groups is 1. The van der Waals surface area contributed by atoms with Crippen molar-refractivity contribution in [3.63, 3.8) is 0 Å². The number of fused-ring (bicyclic) bond motifs is 1. The van der Waals surface area contributed by atoms with Gasteiger partial charge in [0.1, 0.15) is 5.70 Å². The first-order valence-corrected chi connectivity index (χ1v) is 7.13. The maximum absolute atomic E-state index is 12.1. The molecule has 1 amide bonds. The molecule has 6 nitrogen and oxygen atoms in total. The molecule has 0 saturated carbocycles. The van der Waals surface area contributed by atoms with Crippen LogP contribution in [0.4, 0.5) is 5.69 Å². The standard InChI is InChI=1S/C13H11N3O3S/c17-12-11(14-13-15(12)6-1-7-20-13)8-9-2-4-10(5-3-9)16(18)19/h2-5,8H,1,6-7H2/b11-8-. The highest BCUT2D eigenvalue weighted by Crippen LogP contribution is 2.28. The van der Waals surface area contributed by atoms with Gasteiger partial charge in [-0.1, -0.05) is 11.8 Å². The summed E-state index contributed by atoms with van der Waals surface area (Å²) in [5.74, 6) is 0.888. The van der Waals surface area contributed by atoms with Gasteiger partial charge in [-0.15, -0.1) is 0 Å². The van der Waals surface area contributed by atoms with E-state index in [1.54, 1.807) is 34.9 Å². The fourth-order valence-electron chi connectivity index (χ4n) is 2.07. The molecule has 0 atom stereocenters. The predicted octanol–water partition coefficient (Wildman–Crippen LogP) is 2.27. The zero-order chi connectivity index (χ0) is 14.1. The fourth-order valence-corrected chi connectivity index (χ4v) is 3.02. The van der Waals surface area contributed by atoms with Crippen molar-refractivity contribution in [2.75, 3.05) is 12.3 Å². The third-order valence-corrected chi connectivity index (χ3v) is 4.14. The Balaban J connectivity index is 1.87. The molecule has 1 saturated heterocycles. The zero-order valence-corrected chi connectivity index (χ0v) is 11.3. The largest absolute Gasteiger partial charge is 0.286 e. The van der Waals surface area contributed by atoms with E-state index in [-0.39, 0.29) is 11.6 Å². The number of carbonyl (C=O) groups is 1. The van der Waals surface area contributed by atoms with E-state index in [0.717, 1.165) is 22.9 Å². The second-order valence-corrected chi connectivity index (χ2v) is 5.49. The summed E-state index contributed by atoms with van der Waals surface area (Å²) in [6.45, 7) is 0.711. The lowest BCUT2D eigenvalue weighted by Crippen LogP contribution is -2.34. The van der Waals surface area contributed by atoms with Gasteiger partial charge in [0.25, 0.3) is 11.6 Å². The van der Waals surface area contributed by atoms with Crippen LogP contribution in [0, 0.1) is 10.1 Å². The number of aliphatic imine (C=N–C) groups is 1. The molecule has 2 heterocycles. The van der Waals surface area contributed by atoms with Gasteiger partial charge >= 0.3 is 0 Å². The van der Waals surface area contributed by atoms with Gasteiger partial charge in [-0.3, -0.25) is 19.8 Å². The highest BCUT2D eigenvalue weighted by molar-refractivity contribution is 8.13. The summed E-state index contributed by atoms with van der Waals surface area (Å²) in [6, 6.07) is 6.06. The number of amides is 1. The minimum absolute atomic E-state index is 0.0317. The van der Waals surface area contributed by atoms with E-state index >= 15 is 0 Å². The van der Waals surface area contributed by atoms with Gasteiger partial charge in [-0.25, -0.2) is 4.99 Å². The van der Waals surface area contributed by atoms with E-state index in [0.29, 0.717) is 12.2 Å². The second kappa shape index (κ2) is 5.09. The zero-order valence-electron chi connectivity index (χ0n) is 10.5. The third-order valence-electron chi connectivity index (χ3n) is 3.08. The molecule has 0 radical (unpaired) electrons. The molecule has 102 valence electrons. The molecule has 0 unspecified atom stereocenters. The molecule has 0 spiro atoms. The molecule has 7 heteroatoms. The van der Waals surface area contributed by atoms with Crippen molar-refractivity contribution in [1.82, 2.24) is 4.90 Å². The van der Waals surface area contributed by atoms with Crippen LogP contribution in [-0.4, -0.2) is 33.2 Å². The number of non-ortho nitro benzene ring substituents is 1. The Morgan fingerprint density at radius 1 is 1.35 bits per heavy atom. The summed E-state index contributed by atoms with van der Waals surface area (Å²) in [4.78, 5) is 28.3. The quantitative estimate of drug-likeness (QED) is 0.475. The van der Waals surface area contributed by atoms with Crippen molar-refractivity contribution < 1.29 is 9.72 Å². The van der Waals surface area contributed by atoms with Crippen LogP contribution in [0.3, 0.4) is 0 Å². The predicted molar refractivity (Wildman–Crippen MR) is 77.3 cm³/mol. The van der Waals surface area contributed by atoms with Gasteiger partial charge in [0.15, 0.2) is 5.17 Å². The Morgan fingerprint density at radius 3 is 2.75 bits per heavy atom. The Morgan fingerprint density at radius 2 is 2.10 bits per heavy atom. The first kappa shape index (κ1) is 12.9. The second-order valence-electron chi connectivity index (χ2n) is 4.43. The molecular formula is C13H11N3O3S. The molecular weight excluding hydrogens is 278 g/mol. The number of thioether (sulfide) groups is 1. The average Bonchev–Trinajstić information content (AvgIpc) is 2.77. The van der Waals surface area contributed by atoms with Crippen molar-refractivity contribution >= 4 is 34.6 Å². The van der Waals surface area contributed by atoms with Gasteiger partial charge in [0, 0.05) is 24.4 Å². The summed E-state index contributed by atoms with van der Waals surface area (Å²) in [6.07, 6.45) is 2.64. The Bertz CT molecular complexity index is 637. The number of hydrogen-bond acceptors (Lipinski definition) is 5. The van der Waals surface area contributed by atoms with Gasteiger partial charge in [-0.2, -0.15) is 0 Å². The molecule has 1 aromatic rings. The van der Waals surface area contributed by atoms with Crippen LogP contribution in [0.25, 0.3) is 6.08 Å². The molecule has 2 aliphatic heterocycles. The van der Waals surface area contributed by atoms with E-state index in [1.807, 2.05) is 0 Å². The fraction of sp³-hybridized carbons (Fsp3) is 0.231. The van der Waals surface area contributed by atoms with Crippen LogP contribution in [0.5, 0.6) is 0 Å². The smallest absolute Gasteiger partial charge is 0.278 e. The topological polar surface area (TPSA) is 75.8 Å². The highest BCUT2D eigenvalue weighted by atomic mass is 32.2. The van der Waals surface area contributed by atoms with E-state index in [9.17, 15) is 14.9 Å². The number of rotatable bonds is 2. The molecule has 2 aliphatic rings. The monoisotopic (exact) mass is 289 g/mol.